The standard InChI is InChI=1S/C14H26N2O5S/c17-14-16(8-11-21-14)9-12-22(18,19)15-7-10-20-13-5-3-1-2-4-6-13/h13,15H,1-12H2. The number of carbonyl (C=O) groups excluding carboxylic acids is 1. The van der Waals surface area contributed by atoms with Crippen molar-refractivity contribution in [3.05, 3.63) is 0 Å². The van der Waals surface area contributed by atoms with Crippen molar-refractivity contribution in [2.24, 2.45) is 0 Å². The quantitative estimate of drug-likeness (QED) is 0.531. The third kappa shape index (κ3) is 6.10. The molecule has 0 aromatic rings. The van der Waals surface area contributed by atoms with Crippen LogP contribution < -0.4 is 4.72 Å². The number of rotatable bonds is 8. The van der Waals surface area contributed by atoms with Crippen molar-refractivity contribution < 1.29 is 22.7 Å². The van der Waals surface area contributed by atoms with Gasteiger partial charge in [0.2, 0.25) is 10.0 Å². The van der Waals surface area contributed by atoms with Crippen molar-refractivity contribution in [3.8, 4) is 0 Å². The minimum atomic E-state index is -3.38. The van der Waals surface area contributed by atoms with E-state index in [1.807, 2.05) is 0 Å². The van der Waals surface area contributed by atoms with Crippen molar-refractivity contribution >= 4 is 16.1 Å². The van der Waals surface area contributed by atoms with Gasteiger partial charge >= 0.3 is 6.09 Å². The van der Waals surface area contributed by atoms with Gasteiger partial charge in [-0.1, -0.05) is 25.7 Å². The monoisotopic (exact) mass is 334 g/mol. The van der Waals surface area contributed by atoms with E-state index in [4.69, 9.17) is 9.47 Å². The lowest BCUT2D eigenvalue weighted by Crippen LogP contribution is -2.36. The minimum absolute atomic E-state index is 0.106. The summed E-state index contributed by atoms with van der Waals surface area (Å²) in [5.41, 5.74) is 0. The molecule has 0 bridgehead atoms. The SMILES string of the molecule is O=C1OCCN1CCS(=O)(=O)NCCOC1CCCCCC1. The molecular formula is C14H26N2O5S. The fourth-order valence-electron chi connectivity index (χ4n) is 2.76. The summed E-state index contributed by atoms with van der Waals surface area (Å²) in [6, 6.07) is 0. The Labute approximate surface area is 132 Å². The van der Waals surface area contributed by atoms with Crippen LogP contribution in [0.15, 0.2) is 0 Å². The Kier molecular flexibility index (Phi) is 6.91. The second-order valence-corrected chi connectivity index (χ2v) is 7.73. The van der Waals surface area contributed by atoms with Crippen molar-refractivity contribution in [1.82, 2.24) is 9.62 Å². The summed E-state index contributed by atoms with van der Waals surface area (Å²) in [6.45, 7) is 1.64. The van der Waals surface area contributed by atoms with Gasteiger partial charge in [0.05, 0.1) is 25.0 Å². The van der Waals surface area contributed by atoms with E-state index in [9.17, 15) is 13.2 Å². The van der Waals surface area contributed by atoms with Crippen molar-refractivity contribution in [2.75, 3.05) is 38.6 Å². The molecule has 0 unspecified atom stereocenters. The van der Waals surface area contributed by atoms with Gasteiger partial charge in [-0.2, -0.15) is 0 Å². The summed E-state index contributed by atoms with van der Waals surface area (Å²) >= 11 is 0. The van der Waals surface area contributed by atoms with E-state index in [1.165, 1.54) is 30.6 Å². The highest BCUT2D eigenvalue weighted by Crippen LogP contribution is 2.19. The van der Waals surface area contributed by atoms with Crippen molar-refractivity contribution in [2.45, 2.75) is 44.6 Å². The summed E-state index contributed by atoms with van der Waals surface area (Å²) in [5, 5.41) is 0. The third-order valence-corrected chi connectivity index (χ3v) is 5.42. The van der Waals surface area contributed by atoms with Crippen LogP contribution in [0.2, 0.25) is 0 Å². The zero-order valence-electron chi connectivity index (χ0n) is 13.0. The van der Waals surface area contributed by atoms with E-state index in [-0.39, 0.29) is 24.9 Å². The molecule has 1 amide bonds. The smallest absolute Gasteiger partial charge is 0.409 e. The first-order chi connectivity index (χ1) is 10.6. The summed E-state index contributed by atoms with van der Waals surface area (Å²) in [7, 11) is -3.38. The molecule has 1 aliphatic heterocycles. The highest BCUT2D eigenvalue weighted by Gasteiger charge is 2.23. The number of sulfonamides is 1. The Hall–Kier alpha value is -0.860. The minimum Gasteiger partial charge on any atom is -0.448 e. The number of carbonyl (C=O) groups is 1. The Morgan fingerprint density at radius 2 is 1.95 bits per heavy atom. The molecular weight excluding hydrogens is 308 g/mol. The maximum absolute atomic E-state index is 11.9. The first-order valence-electron chi connectivity index (χ1n) is 8.07. The van der Waals surface area contributed by atoms with Crippen LogP contribution in [0.5, 0.6) is 0 Å². The van der Waals surface area contributed by atoms with Crippen molar-refractivity contribution in [1.29, 1.82) is 0 Å². The number of hydrogen-bond acceptors (Lipinski definition) is 5. The van der Waals surface area contributed by atoms with E-state index in [2.05, 4.69) is 4.72 Å². The second kappa shape index (κ2) is 8.69. The molecule has 1 aliphatic carbocycles. The largest absolute Gasteiger partial charge is 0.448 e. The lowest BCUT2D eigenvalue weighted by molar-refractivity contribution is 0.0471. The lowest BCUT2D eigenvalue weighted by Gasteiger charge is -2.16. The van der Waals surface area contributed by atoms with Crippen LogP contribution in [0.4, 0.5) is 4.79 Å². The molecule has 128 valence electrons. The lowest BCUT2D eigenvalue weighted by atomic mass is 10.1. The molecule has 1 heterocycles. The summed E-state index contributed by atoms with van der Waals surface area (Å²) in [5.74, 6) is -0.106. The maximum atomic E-state index is 11.9. The third-order valence-electron chi connectivity index (χ3n) is 4.05. The summed E-state index contributed by atoms with van der Waals surface area (Å²) in [4.78, 5) is 12.6. The van der Waals surface area contributed by atoms with Gasteiger partial charge in [-0.15, -0.1) is 0 Å². The molecule has 0 spiro atoms. The van der Waals surface area contributed by atoms with E-state index >= 15 is 0 Å². The predicted octanol–water partition coefficient (Wildman–Crippen LogP) is 1.10. The number of nitrogens with one attached hydrogen (secondary N) is 1. The average molecular weight is 334 g/mol. The average Bonchev–Trinajstić information content (AvgIpc) is 2.73. The number of ether oxygens (including phenoxy) is 2. The van der Waals surface area contributed by atoms with Gasteiger partial charge in [0.25, 0.3) is 0 Å². The molecule has 2 aliphatic rings. The molecule has 7 nitrogen and oxygen atoms in total. The Bertz CT molecular complexity index is 446. The molecule has 1 saturated carbocycles. The number of nitrogens with zero attached hydrogens (tertiary/aromatic N) is 1. The van der Waals surface area contributed by atoms with Gasteiger partial charge in [0.15, 0.2) is 0 Å². The maximum Gasteiger partial charge on any atom is 0.409 e. The zero-order chi connectivity index (χ0) is 15.8. The van der Waals surface area contributed by atoms with Crippen LogP contribution in [-0.4, -0.2) is 64.1 Å². The van der Waals surface area contributed by atoms with Gasteiger partial charge in [-0.05, 0) is 12.8 Å². The summed E-state index contributed by atoms with van der Waals surface area (Å²) in [6.07, 6.45) is 6.91. The highest BCUT2D eigenvalue weighted by molar-refractivity contribution is 7.89. The Morgan fingerprint density at radius 1 is 1.23 bits per heavy atom. The molecule has 22 heavy (non-hydrogen) atoms. The molecule has 1 N–H and O–H groups in total. The van der Waals surface area contributed by atoms with Gasteiger partial charge < -0.3 is 14.4 Å². The fraction of sp³-hybridized carbons (Fsp3) is 0.929. The molecule has 8 heteroatoms. The molecule has 1 saturated heterocycles. The van der Waals surface area contributed by atoms with E-state index in [1.54, 1.807) is 0 Å². The normalized spacial score (nSPS) is 20.9. The van der Waals surface area contributed by atoms with Gasteiger partial charge in [-0.25, -0.2) is 17.9 Å². The molecule has 0 radical (unpaired) electrons. The van der Waals surface area contributed by atoms with E-state index in [0.717, 1.165) is 12.8 Å². The van der Waals surface area contributed by atoms with Crippen LogP contribution in [0.3, 0.4) is 0 Å². The highest BCUT2D eigenvalue weighted by atomic mass is 32.2. The van der Waals surface area contributed by atoms with Crippen molar-refractivity contribution in [3.63, 3.8) is 0 Å². The fourth-order valence-corrected chi connectivity index (χ4v) is 3.76. The topological polar surface area (TPSA) is 84.9 Å². The van der Waals surface area contributed by atoms with Crippen LogP contribution >= 0.6 is 0 Å². The number of amides is 1. The predicted molar refractivity (Wildman–Crippen MR) is 82.2 cm³/mol. The number of hydrogen-bond donors (Lipinski definition) is 1. The Balaban J connectivity index is 1.59. The molecule has 0 aromatic heterocycles. The molecule has 0 aromatic carbocycles. The van der Waals surface area contributed by atoms with Crippen LogP contribution in [0, 0.1) is 0 Å². The van der Waals surface area contributed by atoms with Crippen LogP contribution in [0.25, 0.3) is 0 Å². The first-order valence-corrected chi connectivity index (χ1v) is 9.73. The molecule has 2 rings (SSSR count). The number of cyclic esters (lactones) is 1. The zero-order valence-corrected chi connectivity index (χ0v) is 13.8. The molecule has 2 fully saturated rings. The van der Waals surface area contributed by atoms with E-state index < -0.39 is 16.1 Å². The van der Waals surface area contributed by atoms with Gasteiger partial charge in [0.1, 0.15) is 6.61 Å². The first kappa shape index (κ1) is 17.5. The van der Waals surface area contributed by atoms with Gasteiger partial charge in [0, 0.05) is 13.1 Å². The molecule has 0 atom stereocenters. The van der Waals surface area contributed by atoms with Crippen LogP contribution in [-0.2, 0) is 19.5 Å². The Morgan fingerprint density at radius 3 is 2.59 bits per heavy atom. The van der Waals surface area contributed by atoms with E-state index in [0.29, 0.717) is 19.8 Å². The van der Waals surface area contributed by atoms with Crippen LogP contribution in [0.1, 0.15) is 38.5 Å². The second-order valence-electron chi connectivity index (χ2n) is 5.80. The summed E-state index contributed by atoms with van der Waals surface area (Å²) < 4.78 is 36.7. The van der Waals surface area contributed by atoms with Gasteiger partial charge in [-0.3, -0.25) is 0 Å².